The Kier molecular flexibility index (Phi) is 4.43. The largest absolute Gasteiger partial charge is 0.323 e. The average molecular weight is 211 g/mol. The fourth-order valence-corrected chi connectivity index (χ4v) is 1.35. The summed E-state index contributed by atoms with van der Waals surface area (Å²) in [6, 6.07) is 8.52. The third-order valence-corrected chi connectivity index (χ3v) is 2.09. The Morgan fingerprint density at radius 1 is 1.33 bits per heavy atom. The predicted molar refractivity (Wildman–Crippen MR) is 58.7 cm³/mol. The Bertz CT molecular complexity index is 320. The van der Waals surface area contributed by atoms with Crippen molar-refractivity contribution in [3.05, 3.63) is 41.5 Å². The zero-order chi connectivity index (χ0) is 11.3. The number of hydrogen-bond donors (Lipinski definition) is 1. The Labute approximate surface area is 88.6 Å². The standard InChI is InChI=1S/C12H15F2N/c1-9(8-11(15)12(13)14)7-10-5-3-2-4-6-10/h2-7,11-12H,8,15H2,1H3/b9-7+. The Morgan fingerprint density at radius 3 is 2.47 bits per heavy atom. The summed E-state index contributed by atoms with van der Waals surface area (Å²) in [4.78, 5) is 0. The summed E-state index contributed by atoms with van der Waals surface area (Å²) < 4.78 is 24.4. The van der Waals surface area contributed by atoms with Gasteiger partial charge in [-0.1, -0.05) is 42.0 Å². The van der Waals surface area contributed by atoms with Gasteiger partial charge in [-0.2, -0.15) is 0 Å². The van der Waals surface area contributed by atoms with Gasteiger partial charge >= 0.3 is 0 Å². The minimum absolute atomic E-state index is 0.229. The molecule has 15 heavy (non-hydrogen) atoms. The monoisotopic (exact) mass is 211 g/mol. The van der Waals surface area contributed by atoms with E-state index in [0.29, 0.717) is 0 Å². The normalized spacial score (nSPS) is 14.3. The number of rotatable bonds is 4. The van der Waals surface area contributed by atoms with Crippen LogP contribution in [0.4, 0.5) is 8.78 Å². The van der Waals surface area contributed by atoms with E-state index < -0.39 is 12.5 Å². The molecule has 0 spiro atoms. The maximum atomic E-state index is 12.2. The summed E-state index contributed by atoms with van der Waals surface area (Å²) in [7, 11) is 0. The lowest BCUT2D eigenvalue weighted by atomic mass is 10.1. The van der Waals surface area contributed by atoms with Crippen LogP contribution in [0.25, 0.3) is 6.08 Å². The summed E-state index contributed by atoms with van der Waals surface area (Å²) >= 11 is 0. The lowest BCUT2D eigenvalue weighted by Gasteiger charge is -2.10. The van der Waals surface area contributed by atoms with Gasteiger partial charge in [0.25, 0.3) is 6.43 Å². The molecule has 0 aliphatic carbocycles. The second-order valence-corrected chi connectivity index (χ2v) is 3.60. The maximum Gasteiger partial charge on any atom is 0.253 e. The first-order chi connectivity index (χ1) is 7.09. The molecule has 0 bridgehead atoms. The molecular formula is C12H15F2N. The van der Waals surface area contributed by atoms with E-state index in [0.717, 1.165) is 11.1 Å². The number of halogens is 2. The molecule has 1 nitrogen and oxygen atoms in total. The summed E-state index contributed by atoms with van der Waals surface area (Å²) in [5.41, 5.74) is 7.16. The van der Waals surface area contributed by atoms with Crippen molar-refractivity contribution in [2.45, 2.75) is 25.8 Å². The molecule has 0 fully saturated rings. The van der Waals surface area contributed by atoms with Crippen LogP contribution in [-0.2, 0) is 0 Å². The van der Waals surface area contributed by atoms with Crippen LogP contribution in [0.1, 0.15) is 18.9 Å². The summed E-state index contributed by atoms with van der Waals surface area (Å²) in [6.45, 7) is 1.81. The van der Waals surface area contributed by atoms with E-state index in [1.165, 1.54) is 0 Å². The SMILES string of the molecule is C/C(=C\c1ccccc1)CC(N)C(F)F. The van der Waals surface area contributed by atoms with Crippen LogP contribution >= 0.6 is 0 Å². The molecule has 3 heteroatoms. The highest BCUT2D eigenvalue weighted by molar-refractivity contribution is 5.52. The predicted octanol–water partition coefficient (Wildman–Crippen LogP) is 3.07. The van der Waals surface area contributed by atoms with Gasteiger partial charge in [0.15, 0.2) is 0 Å². The lowest BCUT2D eigenvalue weighted by molar-refractivity contribution is 0.116. The van der Waals surface area contributed by atoms with Gasteiger partial charge in [-0.15, -0.1) is 0 Å². The highest BCUT2D eigenvalue weighted by Crippen LogP contribution is 2.13. The topological polar surface area (TPSA) is 26.0 Å². The van der Waals surface area contributed by atoms with Crippen LogP contribution in [0.3, 0.4) is 0 Å². The molecule has 1 atom stereocenters. The lowest BCUT2D eigenvalue weighted by Crippen LogP contribution is -2.28. The molecule has 0 aliphatic rings. The second kappa shape index (κ2) is 5.61. The molecule has 1 aromatic carbocycles. The van der Waals surface area contributed by atoms with E-state index in [4.69, 9.17) is 5.73 Å². The van der Waals surface area contributed by atoms with Gasteiger partial charge in [-0.25, -0.2) is 8.78 Å². The first kappa shape index (κ1) is 11.9. The van der Waals surface area contributed by atoms with Crippen LogP contribution in [0.2, 0.25) is 0 Å². The number of benzene rings is 1. The van der Waals surface area contributed by atoms with Gasteiger partial charge in [0.1, 0.15) is 0 Å². The van der Waals surface area contributed by atoms with Gasteiger partial charge < -0.3 is 5.73 Å². The van der Waals surface area contributed by atoms with Gasteiger partial charge in [-0.05, 0) is 18.9 Å². The van der Waals surface area contributed by atoms with E-state index in [9.17, 15) is 8.78 Å². The second-order valence-electron chi connectivity index (χ2n) is 3.60. The van der Waals surface area contributed by atoms with Crippen LogP contribution in [0.15, 0.2) is 35.9 Å². The quantitative estimate of drug-likeness (QED) is 0.813. The summed E-state index contributed by atoms with van der Waals surface area (Å²) in [5, 5.41) is 0. The molecule has 0 aliphatic heterocycles. The third-order valence-electron chi connectivity index (χ3n) is 2.09. The van der Waals surface area contributed by atoms with E-state index in [-0.39, 0.29) is 6.42 Å². The van der Waals surface area contributed by atoms with Gasteiger partial charge in [-0.3, -0.25) is 0 Å². The van der Waals surface area contributed by atoms with E-state index >= 15 is 0 Å². The average Bonchev–Trinajstić information content (AvgIpc) is 2.18. The van der Waals surface area contributed by atoms with Crippen molar-refractivity contribution in [2.24, 2.45) is 5.73 Å². The molecule has 1 unspecified atom stereocenters. The van der Waals surface area contributed by atoms with E-state index in [1.54, 1.807) is 0 Å². The van der Waals surface area contributed by atoms with Gasteiger partial charge in [0, 0.05) is 0 Å². The maximum absolute atomic E-state index is 12.2. The van der Waals surface area contributed by atoms with Crippen molar-refractivity contribution in [3.63, 3.8) is 0 Å². The first-order valence-electron chi connectivity index (χ1n) is 4.85. The molecular weight excluding hydrogens is 196 g/mol. The molecule has 0 saturated heterocycles. The summed E-state index contributed by atoms with van der Waals surface area (Å²) in [6.07, 6.45) is -0.349. The smallest absolute Gasteiger partial charge is 0.253 e. The molecule has 0 saturated carbocycles. The minimum Gasteiger partial charge on any atom is -0.323 e. The van der Waals surface area contributed by atoms with Crippen molar-refractivity contribution in [2.75, 3.05) is 0 Å². The Morgan fingerprint density at radius 2 is 1.93 bits per heavy atom. The molecule has 1 rings (SSSR count). The number of hydrogen-bond acceptors (Lipinski definition) is 1. The molecule has 0 radical (unpaired) electrons. The Hall–Kier alpha value is -1.22. The van der Waals surface area contributed by atoms with Crippen molar-refractivity contribution in [1.29, 1.82) is 0 Å². The van der Waals surface area contributed by atoms with Crippen LogP contribution in [0.5, 0.6) is 0 Å². The number of alkyl halides is 2. The highest BCUT2D eigenvalue weighted by Gasteiger charge is 2.14. The number of nitrogens with two attached hydrogens (primary N) is 1. The summed E-state index contributed by atoms with van der Waals surface area (Å²) in [5.74, 6) is 0. The fourth-order valence-electron chi connectivity index (χ4n) is 1.35. The zero-order valence-electron chi connectivity index (χ0n) is 8.66. The van der Waals surface area contributed by atoms with Crippen LogP contribution in [0, 0.1) is 0 Å². The Balaban J connectivity index is 2.61. The van der Waals surface area contributed by atoms with E-state index in [2.05, 4.69) is 0 Å². The van der Waals surface area contributed by atoms with Gasteiger partial charge in [0.2, 0.25) is 0 Å². The molecule has 0 heterocycles. The first-order valence-corrected chi connectivity index (χ1v) is 4.85. The van der Waals surface area contributed by atoms with Crippen molar-refractivity contribution < 1.29 is 8.78 Å². The van der Waals surface area contributed by atoms with Crippen molar-refractivity contribution in [3.8, 4) is 0 Å². The molecule has 2 N–H and O–H groups in total. The molecule has 0 aromatic heterocycles. The van der Waals surface area contributed by atoms with Gasteiger partial charge in [0.05, 0.1) is 6.04 Å². The van der Waals surface area contributed by atoms with Crippen LogP contribution in [-0.4, -0.2) is 12.5 Å². The minimum atomic E-state index is -2.45. The third kappa shape index (κ3) is 4.21. The van der Waals surface area contributed by atoms with Crippen LogP contribution < -0.4 is 5.73 Å². The zero-order valence-corrected chi connectivity index (χ0v) is 8.66. The molecule has 0 amide bonds. The van der Waals surface area contributed by atoms with Crippen molar-refractivity contribution in [1.82, 2.24) is 0 Å². The highest BCUT2D eigenvalue weighted by atomic mass is 19.3. The molecule has 1 aromatic rings. The van der Waals surface area contributed by atoms with E-state index in [1.807, 2.05) is 43.3 Å². The fraction of sp³-hybridized carbons (Fsp3) is 0.333. The van der Waals surface area contributed by atoms with Crippen molar-refractivity contribution >= 4 is 6.08 Å². The molecule has 82 valence electrons.